The van der Waals surface area contributed by atoms with Gasteiger partial charge in [0.05, 0.1) is 6.54 Å². The van der Waals surface area contributed by atoms with E-state index in [0.29, 0.717) is 31.1 Å². The molecule has 4 amide bonds. The van der Waals surface area contributed by atoms with E-state index >= 15 is 0 Å². The Bertz CT molecular complexity index is 707. The molecule has 2 fully saturated rings. The van der Waals surface area contributed by atoms with Gasteiger partial charge in [-0.1, -0.05) is 0 Å². The number of likely N-dealkylation sites (tertiary alicyclic amines) is 2. The van der Waals surface area contributed by atoms with E-state index in [0.717, 1.165) is 6.42 Å². The molecule has 140 valence electrons. The Morgan fingerprint density at radius 1 is 1.27 bits per heavy atom. The normalized spacial score (nSPS) is 22.2. The van der Waals surface area contributed by atoms with Gasteiger partial charge in [0.25, 0.3) is 0 Å². The van der Waals surface area contributed by atoms with Crippen molar-refractivity contribution in [2.45, 2.75) is 18.9 Å². The van der Waals surface area contributed by atoms with E-state index in [9.17, 15) is 18.8 Å². The largest absolute Gasteiger partial charge is 0.347 e. The van der Waals surface area contributed by atoms with Gasteiger partial charge < -0.3 is 20.0 Å². The third-order valence-electron chi connectivity index (χ3n) is 4.97. The lowest BCUT2D eigenvalue weighted by molar-refractivity contribution is -0.148. The Kier molecular flexibility index (Phi) is 5.11. The molecule has 0 spiro atoms. The molecule has 2 aliphatic heterocycles. The zero-order valence-electron chi connectivity index (χ0n) is 14.9. The molecule has 2 atom stereocenters. The fourth-order valence-electron chi connectivity index (χ4n) is 3.47. The number of piperidine rings is 2. The maximum atomic E-state index is 13.0. The smallest absolute Gasteiger partial charge is 0.322 e. The number of anilines is 1. The highest BCUT2D eigenvalue weighted by molar-refractivity contribution is 5.95. The van der Waals surface area contributed by atoms with Crippen LogP contribution in [0.1, 0.15) is 12.8 Å². The number of amides is 4. The number of carbonyl (C=O) groups excluding carboxylic acids is 3. The predicted molar refractivity (Wildman–Crippen MR) is 93.9 cm³/mol. The number of nitrogens with one attached hydrogen (secondary N) is 1. The molecular formula is C18H23FN4O3. The summed E-state index contributed by atoms with van der Waals surface area (Å²) in [5.41, 5.74) is 0.474. The minimum Gasteiger partial charge on any atom is -0.347 e. The van der Waals surface area contributed by atoms with Crippen molar-refractivity contribution in [3.63, 3.8) is 0 Å². The second-order valence-corrected chi connectivity index (χ2v) is 7.04. The molecule has 2 bridgehead atoms. The molecule has 26 heavy (non-hydrogen) atoms. The highest BCUT2D eigenvalue weighted by Crippen LogP contribution is 2.30. The average molecular weight is 362 g/mol. The van der Waals surface area contributed by atoms with Gasteiger partial charge in [0.1, 0.15) is 11.9 Å². The number of likely N-dealkylation sites (N-methyl/N-ethyl adjacent to an activating group) is 1. The summed E-state index contributed by atoms with van der Waals surface area (Å²) >= 11 is 0. The van der Waals surface area contributed by atoms with Crippen molar-refractivity contribution >= 4 is 23.5 Å². The Labute approximate surface area is 151 Å². The number of carbonyl (C=O) groups is 3. The first kappa shape index (κ1) is 18.2. The van der Waals surface area contributed by atoms with Crippen molar-refractivity contribution < 1.29 is 18.8 Å². The summed E-state index contributed by atoms with van der Waals surface area (Å²) in [6.45, 7) is 1.08. The maximum absolute atomic E-state index is 13.0. The third-order valence-corrected chi connectivity index (χ3v) is 4.97. The molecule has 1 aromatic carbocycles. The highest BCUT2D eigenvalue weighted by Gasteiger charge is 2.43. The maximum Gasteiger partial charge on any atom is 0.322 e. The number of fused-ring (bicyclic) bond motifs is 2. The molecule has 0 unspecified atom stereocenters. The zero-order valence-corrected chi connectivity index (χ0v) is 14.9. The molecule has 0 radical (unpaired) electrons. The summed E-state index contributed by atoms with van der Waals surface area (Å²) in [4.78, 5) is 41.9. The Morgan fingerprint density at radius 3 is 2.62 bits per heavy atom. The van der Waals surface area contributed by atoms with Gasteiger partial charge in [0.15, 0.2) is 0 Å². The van der Waals surface area contributed by atoms with Gasteiger partial charge in [-0.05, 0) is 43.0 Å². The van der Waals surface area contributed by atoms with Crippen molar-refractivity contribution in [2.24, 2.45) is 5.92 Å². The van der Waals surface area contributed by atoms with E-state index in [-0.39, 0.29) is 30.2 Å². The van der Waals surface area contributed by atoms with Crippen LogP contribution in [-0.2, 0) is 9.59 Å². The van der Waals surface area contributed by atoms with Crippen LogP contribution in [0.3, 0.4) is 0 Å². The lowest BCUT2D eigenvalue weighted by atomic mass is 9.86. The summed E-state index contributed by atoms with van der Waals surface area (Å²) in [5, 5.41) is 2.71. The number of hydrogen-bond acceptors (Lipinski definition) is 3. The zero-order chi connectivity index (χ0) is 18.8. The molecule has 3 rings (SSSR count). The monoisotopic (exact) mass is 362 g/mol. The molecule has 2 saturated heterocycles. The summed E-state index contributed by atoms with van der Waals surface area (Å²) in [5.74, 6) is -0.416. The van der Waals surface area contributed by atoms with Crippen molar-refractivity contribution in [1.29, 1.82) is 0 Å². The van der Waals surface area contributed by atoms with Gasteiger partial charge in [-0.2, -0.15) is 0 Å². The Morgan fingerprint density at radius 2 is 1.96 bits per heavy atom. The molecule has 2 aliphatic rings. The number of urea groups is 1. The molecule has 1 aromatic rings. The van der Waals surface area contributed by atoms with E-state index in [1.807, 2.05) is 0 Å². The summed E-state index contributed by atoms with van der Waals surface area (Å²) < 4.78 is 13.0. The minimum atomic E-state index is -0.557. The van der Waals surface area contributed by atoms with E-state index in [1.54, 1.807) is 19.0 Å². The van der Waals surface area contributed by atoms with Crippen molar-refractivity contribution in [2.75, 3.05) is 39.0 Å². The van der Waals surface area contributed by atoms with Crippen LogP contribution in [0.5, 0.6) is 0 Å². The number of nitrogens with zero attached hydrogens (tertiary/aromatic N) is 3. The van der Waals surface area contributed by atoms with Crippen LogP contribution >= 0.6 is 0 Å². The first-order valence-electron chi connectivity index (χ1n) is 8.67. The lowest BCUT2D eigenvalue weighted by Crippen LogP contribution is -2.61. The van der Waals surface area contributed by atoms with Crippen LogP contribution < -0.4 is 5.32 Å². The highest BCUT2D eigenvalue weighted by atomic mass is 19.1. The molecule has 0 aliphatic carbocycles. The van der Waals surface area contributed by atoms with Crippen LogP contribution in [0.2, 0.25) is 0 Å². The molecule has 2 heterocycles. The molecule has 0 aromatic heterocycles. The first-order valence-corrected chi connectivity index (χ1v) is 8.67. The number of hydrogen-bond donors (Lipinski definition) is 1. The first-order chi connectivity index (χ1) is 12.3. The van der Waals surface area contributed by atoms with Crippen LogP contribution in [-0.4, -0.2) is 72.3 Å². The van der Waals surface area contributed by atoms with Crippen molar-refractivity contribution in [1.82, 2.24) is 14.7 Å². The number of halogens is 1. The summed E-state index contributed by atoms with van der Waals surface area (Å²) in [7, 11) is 3.31. The Hall–Kier alpha value is -2.64. The van der Waals surface area contributed by atoms with Crippen LogP contribution in [0, 0.1) is 11.7 Å². The van der Waals surface area contributed by atoms with E-state index in [4.69, 9.17) is 0 Å². The van der Waals surface area contributed by atoms with Crippen molar-refractivity contribution in [3.8, 4) is 0 Å². The van der Waals surface area contributed by atoms with E-state index < -0.39 is 6.04 Å². The fraction of sp³-hybridized carbons (Fsp3) is 0.500. The minimum absolute atomic E-state index is 0.0340. The SMILES string of the molecule is CN(C)C(=O)CN1C[C@H]2CCN(C(=O)Nc3ccc(F)cc3)[C@H](C2)C1=O. The molecule has 1 N–H and O–H groups in total. The quantitative estimate of drug-likeness (QED) is 0.883. The van der Waals surface area contributed by atoms with Crippen molar-refractivity contribution in [3.05, 3.63) is 30.1 Å². The Balaban J connectivity index is 1.69. The third kappa shape index (κ3) is 3.79. The molecule has 0 saturated carbocycles. The molecule has 8 heteroatoms. The average Bonchev–Trinajstić information content (AvgIpc) is 2.61. The van der Waals surface area contributed by atoms with Crippen LogP contribution in [0.4, 0.5) is 14.9 Å². The van der Waals surface area contributed by atoms with Gasteiger partial charge in [0, 0.05) is 32.9 Å². The van der Waals surface area contributed by atoms with Gasteiger partial charge in [-0.15, -0.1) is 0 Å². The summed E-state index contributed by atoms with van der Waals surface area (Å²) in [6, 6.07) is 4.55. The van der Waals surface area contributed by atoms with Gasteiger partial charge in [-0.25, -0.2) is 9.18 Å². The topological polar surface area (TPSA) is 73.0 Å². The van der Waals surface area contributed by atoms with Crippen LogP contribution in [0.15, 0.2) is 24.3 Å². The second kappa shape index (κ2) is 7.31. The van der Waals surface area contributed by atoms with Gasteiger partial charge >= 0.3 is 6.03 Å². The second-order valence-electron chi connectivity index (χ2n) is 7.04. The molecular weight excluding hydrogens is 339 g/mol. The molecule has 7 nitrogen and oxygen atoms in total. The van der Waals surface area contributed by atoms with Gasteiger partial charge in [0.2, 0.25) is 11.8 Å². The van der Waals surface area contributed by atoms with E-state index in [2.05, 4.69) is 5.32 Å². The fourth-order valence-corrected chi connectivity index (χ4v) is 3.47. The predicted octanol–water partition coefficient (Wildman–Crippen LogP) is 1.37. The van der Waals surface area contributed by atoms with E-state index in [1.165, 1.54) is 34.1 Å². The van der Waals surface area contributed by atoms with Crippen LogP contribution in [0.25, 0.3) is 0 Å². The number of benzene rings is 1. The standard InChI is InChI=1S/C18H23FN4O3/c1-21(2)16(24)11-22-10-12-7-8-23(15(9-12)17(22)25)18(26)20-14-5-3-13(19)4-6-14/h3-6,12,15H,7-11H2,1-2H3,(H,20,26)/t12-,15+/m0/s1. The lowest BCUT2D eigenvalue weighted by Gasteiger charge is -2.46. The number of rotatable bonds is 3. The summed E-state index contributed by atoms with van der Waals surface area (Å²) in [6.07, 6.45) is 1.40. The van der Waals surface area contributed by atoms with Gasteiger partial charge in [-0.3, -0.25) is 9.59 Å².